The third kappa shape index (κ3) is 2.15. The van der Waals surface area contributed by atoms with Gasteiger partial charge in [0, 0.05) is 5.38 Å². The van der Waals surface area contributed by atoms with Gasteiger partial charge in [0.2, 0.25) is 0 Å². The van der Waals surface area contributed by atoms with Gasteiger partial charge in [0.1, 0.15) is 6.67 Å². The monoisotopic (exact) mass is 168 g/mol. The van der Waals surface area contributed by atoms with Gasteiger partial charge in [0.05, 0.1) is 5.69 Å². The lowest BCUT2D eigenvalue weighted by atomic mass is 10.6. The molecule has 0 fully saturated rings. The molecule has 2 N–H and O–H groups in total. The van der Waals surface area contributed by atoms with E-state index in [2.05, 4.69) is 4.98 Å². The summed E-state index contributed by atoms with van der Waals surface area (Å²) >= 11 is 1.26. The minimum atomic E-state index is -0.520. The quantitative estimate of drug-likeness (QED) is 0.692. The molecule has 1 rings (SSSR count). The van der Waals surface area contributed by atoms with Crippen molar-refractivity contribution in [1.82, 2.24) is 4.98 Å². The second-order valence-corrected chi connectivity index (χ2v) is 2.20. The Balaban J connectivity index is 0.000000640. The highest BCUT2D eigenvalue weighted by atomic mass is 35.5. The minimum absolute atomic E-state index is 0. The standard InChI is InChI=1S/C4H5FN2S.ClH/c5-1-3-2-8-4(6)7-3;/h2H,1H2,(H2,6,7);1H. The number of rotatable bonds is 1. The highest BCUT2D eigenvalue weighted by Crippen LogP contribution is 2.10. The minimum Gasteiger partial charge on any atom is -0.375 e. The summed E-state index contributed by atoms with van der Waals surface area (Å²) in [6, 6.07) is 0. The largest absolute Gasteiger partial charge is 0.375 e. The molecule has 0 aromatic carbocycles. The van der Waals surface area contributed by atoms with Gasteiger partial charge in [-0.05, 0) is 0 Å². The molecule has 52 valence electrons. The van der Waals surface area contributed by atoms with Crippen LogP contribution in [-0.2, 0) is 6.67 Å². The van der Waals surface area contributed by atoms with E-state index in [9.17, 15) is 4.39 Å². The second kappa shape index (κ2) is 3.63. The summed E-state index contributed by atoms with van der Waals surface area (Å²) in [4.78, 5) is 3.65. The van der Waals surface area contributed by atoms with Crippen LogP contribution in [0.4, 0.5) is 9.52 Å². The molecule has 1 aromatic rings. The molecular formula is C4H6ClFN2S. The molecule has 0 aliphatic rings. The average molecular weight is 169 g/mol. The van der Waals surface area contributed by atoms with E-state index in [-0.39, 0.29) is 12.4 Å². The average Bonchev–Trinajstić information content (AvgIpc) is 2.14. The maximum Gasteiger partial charge on any atom is 0.180 e. The molecule has 0 saturated carbocycles. The Bertz CT molecular complexity index is 179. The van der Waals surface area contributed by atoms with E-state index in [0.717, 1.165) is 0 Å². The lowest BCUT2D eigenvalue weighted by Crippen LogP contribution is -1.82. The van der Waals surface area contributed by atoms with Crippen LogP contribution in [0, 0.1) is 0 Å². The van der Waals surface area contributed by atoms with Crippen LogP contribution in [0.5, 0.6) is 0 Å². The number of alkyl halides is 1. The van der Waals surface area contributed by atoms with Crippen molar-refractivity contribution in [3.05, 3.63) is 11.1 Å². The first kappa shape index (κ1) is 8.65. The second-order valence-electron chi connectivity index (χ2n) is 1.31. The van der Waals surface area contributed by atoms with Crippen LogP contribution in [0.2, 0.25) is 0 Å². The van der Waals surface area contributed by atoms with Gasteiger partial charge >= 0.3 is 0 Å². The summed E-state index contributed by atoms with van der Waals surface area (Å²) in [5.41, 5.74) is 5.62. The van der Waals surface area contributed by atoms with E-state index in [1.165, 1.54) is 11.3 Å². The first-order chi connectivity index (χ1) is 3.83. The lowest BCUT2D eigenvalue weighted by Gasteiger charge is -1.77. The van der Waals surface area contributed by atoms with Crippen LogP contribution in [-0.4, -0.2) is 4.98 Å². The number of hydrogen-bond acceptors (Lipinski definition) is 3. The van der Waals surface area contributed by atoms with Gasteiger partial charge in [-0.3, -0.25) is 0 Å². The Kier molecular flexibility index (Phi) is 3.49. The van der Waals surface area contributed by atoms with E-state index >= 15 is 0 Å². The predicted octanol–water partition coefficient (Wildman–Crippen LogP) is 1.62. The number of nitrogen functional groups attached to an aromatic ring is 1. The Morgan fingerprint density at radius 3 is 2.67 bits per heavy atom. The molecule has 0 amide bonds. The van der Waals surface area contributed by atoms with E-state index in [4.69, 9.17) is 5.73 Å². The summed E-state index contributed by atoms with van der Waals surface area (Å²) in [7, 11) is 0. The topological polar surface area (TPSA) is 38.9 Å². The zero-order valence-corrected chi connectivity index (χ0v) is 6.14. The van der Waals surface area contributed by atoms with Crippen LogP contribution < -0.4 is 5.73 Å². The van der Waals surface area contributed by atoms with Crippen molar-refractivity contribution in [2.75, 3.05) is 5.73 Å². The van der Waals surface area contributed by atoms with E-state index in [0.29, 0.717) is 10.8 Å². The summed E-state index contributed by atoms with van der Waals surface area (Å²) in [5, 5.41) is 2.03. The molecule has 5 heteroatoms. The molecule has 1 heterocycles. The summed E-state index contributed by atoms with van der Waals surface area (Å²) in [6.45, 7) is -0.520. The molecule has 0 atom stereocenters. The Morgan fingerprint density at radius 2 is 2.44 bits per heavy atom. The first-order valence-electron chi connectivity index (χ1n) is 2.09. The molecule has 0 radical (unpaired) electrons. The van der Waals surface area contributed by atoms with E-state index < -0.39 is 6.67 Å². The number of halogens is 2. The third-order valence-corrected chi connectivity index (χ3v) is 1.43. The number of thiazole rings is 1. The fraction of sp³-hybridized carbons (Fsp3) is 0.250. The molecule has 0 unspecified atom stereocenters. The number of nitrogens with zero attached hydrogens (tertiary/aromatic N) is 1. The van der Waals surface area contributed by atoms with Crippen LogP contribution >= 0.6 is 23.7 Å². The van der Waals surface area contributed by atoms with Gasteiger partial charge in [0.15, 0.2) is 5.13 Å². The number of nitrogens with two attached hydrogens (primary N) is 1. The highest BCUT2D eigenvalue weighted by Gasteiger charge is 1.94. The molecular weight excluding hydrogens is 163 g/mol. The van der Waals surface area contributed by atoms with Gasteiger partial charge < -0.3 is 5.73 Å². The van der Waals surface area contributed by atoms with Gasteiger partial charge in [-0.25, -0.2) is 9.37 Å². The highest BCUT2D eigenvalue weighted by molar-refractivity contribution is 7.13. The molecule has 0 bridgehead atoms. The van der Waals surface area contributed by atoms with Gasteiger partial charge in [-0.15, -0.1) is 23.7 Å². The molecule has 0 aliphatic heterocycles. The summed E-state index contributed by atoms with van der Waals surface area (Å²) in [6.07, 6.45) is 0. The molecule has 9 heavy (non-hydrogen) atoms. The smallest absolute Gasteiger partial charge is 0.180 e. The maximum atomic E-state index is 11.6. The number of aromatic nitrogens is 1. The zero-order chi connectivity index (χ0) is 5.98. The van der Waals surface area contributed by atoms with Crippen molar-refractivity contribution < 1.29 is 4.39 Å². The van der Waals surface area contributed by atoms with Crippen molar-refractivity contribution in [3.63, 3.8) is 0 Å². The van der Waals surface area contributed by atoms with Crippen LogP contribution in [0.3, 0.4) is 0 Å². The van der Waals surface area contributed by atoms with Crippen LogP contribution in [0.1, 0.15) is 5.69 Å². The number of anilines is 1. The van der Waals surface area contributed by atoms with Crippen molar-refractivity contribution in [1.29, 1.82) is 0 Å². The van der Waals surface area contributed by atoms with Gasteiger partial charge in [-0.2, -0.15) is 0 Å². The van der Waals surface area contributed by atoms with E-state index in [1.54, 1.807) is 5.38 Å². The maximum absolute atomic E-state index is 11.6. The van der Waals surface area contributed by atoms with Crippen molar-refractivity contribution >= 4 is 28.9 Å². The van der Waals surface area contributed by atoms with Crippen molar-refractivity contribution in [3.8, 4) is 0 Å². The predicted molar refractivity (Wildman–Crippen MR) is 38.6 cm³/mol. The number of hydrogen-bond donors (Lipinski definition) is 1. The molecule has 0 spiro atoms. The van der Waals surface area contributed by atoms with E-state index in [1.807, 2.05) is 0 Å². The summed E-state index contributed by atoms with van der Waals surface area (Å²) in [5.74, 6) is 0. The third-order valence-electron chi connectivity index (χ3n) is 0.706. The molecule has 0 aliphatic carbocycles. The first-order valence-corrected chi connectivity index (χ1v) is 2.96. The molecule has 0 saturated heterocycles. The molecule has 2 nitrogen and oxygen atoms in total. The fourth-order valence-corrected chi connectivity index (χ4v) is 0.926. The van der Waals surface area contributed by atoms with Crippen molar-refractivity contribution in [2.45, 2.75) is 6.67 Å². The molecule has 1 aromatic heterocycles. The van der Waals surface area contributed by atoms with Gasteiger partial charge in [-0.1, -0.05) is 0 Å². The SMILES string of the molecule is Cl.Nc1nc(CF)cs1. The summed E-state index contributed by atoms with van der Waals surface area (Å²) < 4.78 is 11.6. The lowest BCUT2D eigenvalue weighted by molar-refractivity contribution is 0.478. The Labute approximate surface area is 62.3 Å². The van der Waals surface area contributed by atoms with Crippen molar-refractivity contribution in [2.24, 2.45) is 0 Å². The Morgan fingerprint density at radius 1 is 1.78 bits per heavy atom. The Hall–Kier alpha value is -0.350. The zero-order valence-electron chi connectivity index (χ0n) is 4.50. The normalized spacial score (nSPS) is 8.56. The van der Waals surface area contributed by atoms with Gasteiger partial charge in [0.25, 0.3) is 0 Å². The fourth-order valence-electron chi connectivity index (χ4n) is 0.384. The van der Waals surface area contributed by atoms with Crippen LogP contribution in [0.25, 0.3) is 0 Å². The van der Waals surface area contributed by atoms with Crippen LogP contribution in [0.15, 0.2) is 5.38 Å².